The number of benzene rings is 1. The Kier molecular flexibility index (Phi) is 3.80. The molecule has 1 aromatic rings. The summed E-state index contributed by atoms with van der Waals surface area (Å²) in [5.41, 5.74) is 0.907. The molecule has 120 valence electrons. The van der Waals surface area contributed by atoms with E-state index in [-0.39, 0.29) is 17.5 Å². The van der Waals surface area contributed by atoms with Gasteiger partial charge in [-0.1, -0.05) is 0 Å². The molecule has 0 radical (unpaired) electrons. The standard InChI is InChI=1S/C17H23FN2O2/c18-13-1-2-16-14(11-13)15(20-7-9-21-10-8-20)12-17(22-16)3-5-19-6-4-17/h1-2,11,15,19H,3-10,12H2. The molecule has 1 unspecified atom stereocenters. The molecule has 3 heterocycles. The third kappa shape index (κ3) is 2.62. The van der Waals surface area contributed by atoms with Crippen LogP contribution in [0.1, 0.15) is 30.9 Å². The Hall–Kier alpha value is -1.17. The monoisotopic (exact) mass is 306 g/mol. The number of nitrogens with one attached hydrogen (secondary N) is 1. The fourth-order valence-corrected chi connectivity index (χ4v) is 4.01. The first kappa shape index (κ1) is 14.4. The van der Waals surface area contributed by atoms with Gasteiger partial charge in [-0.15, -0.1) is 0 Å². The van der Waals surface area contributed by atoms with Gasteiger partial charge in [0.1, 0.15) is 17.2 Å². The number of morpholine rings is 1. The lowest BCUT2D eigenvalue weighted by Gasteiger charge is -2.48. The molecule has 0 bridgehead atoms. The van der Waals surface area contributed by atoms with Crippen LogP contribution >= 0.6 is 0 Å². The summed E-state index contributed by atoms with van der Waals surface area (Å²) >= 11 is 0. The lowest BCUT2D eigenvalue weighted by atomic mass is 9.80. The largest absolute Gasteiger partial charge is 0.487 e. The van der Waals surface area contributed by atoms with Gasteiger partial charge in [0, 0.05) is 31.1 Å². The molecule has 4 nitrogen and oxygen atoms in total. The third-order valence-electron chi connectivity index (χ3n) is 5.22. The number of piperidine rings is 1. The summed E-state index contributed by atoms with van der Waals surface area (Å²) < 4.78 is 25.6. The van der Waals surface area contributed by atoms with E-state index in [9.17, 15) is 4.39 Å². The minimum atomic E-state index is -0.179. The Labute approximate surface area is 130 Å². The number of fused-ring (bicyclic) bond motifs is 1. The first-order valence-electron chi connectivity index (χ1n) is 8.27. The fraction of sp³-hybridized carbons (Fsp3) is 0.647. The van der Waals surface area contributed by atoms with E-state index in [1.165, 1.54) is 6.07 Å². The number of hydrogen-bond acceptors (Lipinski definition) is 4. The van der Waals surface area contributed by atoms with Gasteiger partial charge in [0.25, 0.3) is 0 Å². The van der Waals surface area contributed by atoms with E-state index in [2.05, 4.69) is 10.2 Å². The minimum absolute atomic E-state index is 0.0982. The molecule has 2 saturated heterocycles. The molecule has 1 N–H and O–H groups in total. The van der Waals surface area contributed by atoms with Crippen LogP contribution in [0.3, 0.4) is 0 Å². The van der Waals surface area contributed by atoms with Crippen LogP contribution in [-0.2, 0) is 4.74 Å². The van der Waals surface area contributed by atoms with E-state index in [1.807, 2.05) is 0 Å². The molecule has 1 aromatic carbocycles. The van der Waals surface area contributed by atoms with E-state index in [0.717, 1.165) is 70.0 Å². The molecule has 1 spiro atoms. The zero-order valence-corrected chi connectivity index (χ0v) is 12.8. The van der Waals surface area contributed by atoms with Crippen molar-refractivity contribution >= 4 is 0 Å². The van der Waals surface area contributed by atoms with Crippen LogP contribution in [0, 0.1) is 5.82 Å². The van der Waals surface area contributed by atoms with E-state index in [4.69, 9.17) is 9.47 Å². The van der Waals surface area contributed by atoms with Crippen LogP contribution in [0.2, 0.25) is 0 Å². The Morgan fingerprint density at radius 1 is 1.18 bits per heavy atom. The number of nitrogens with zero attached hydrogens (tertiary/aromatic N) is 1. The maximum Gasteiger partial charge on any atom is 0.125 e. The number of ether oxygens (including phenoxy) is 2. The maximum absolute atomic E-state index is 13.8. The van der Waals surface area contributed by atoms with Gasteiger partial charge in [0.05, 0.1) is 13.2 Å². The summed E-state index contributed by atoms with van der Waals surface area (Å²) in [6.07, 6.45) is 2.99. The van der Waals surface area contributed by atoms with Crippen LogP contribution in [0.4, 0.5) is 4.39 Å². The first-order chi connectivity index (χ1) is 10.8. The van der Waals surface area contributed by atoms with Crippen molar-refractivity contribution in [3.8, 4) is 5.75 Å². The van der Waals surface area contributed by atoms with Crippen LogP contribution in [0.15, 0.2) is 18.2 Å². The number of rotatable bonds is 1. The highest BCUT2D eigenvalue weighted by Crippen LogP contribution is 2.46. The molecule has 0 saturated carbocycles. The second-order valence-corrected chi connectivity index (χ2v) is 6.59. The van der Waals surface area contributed by atoms with E-state index in [1.54, 1.807) is 12.1 Å². The summed E-state index contributed by atoms with van der Waals surface area (Å²) in [5.74, 6) is 0.688. The quantitative estimate of drug-likeness (QED) is 0.861. The smallest absolute Gasteiger partial charge is 0.125 e. The van der Waals surface area contributed by atoms with Gasteiger partial charge in [0.2, 0.25) is 0 Å². The molecule has 3 aliphatic rings. The first-order valence-corrected chi connectivity index (χ1v) is 8.27. The molecule has 5 heteroatoms. The summed E-state index contributed by atoms with van der Waals surface area (Å²) in [6.45, 7) is 5.33. The van der Waals surface area contributed by atoms with Gasteiger partial charge in [-0.2, -0.15) is 0 Å². The third-order valence-corrected chi connectivity index (χ3v) is 5.22. The van der Waals surface area contributed by atoms with Crippen LogP contribution in [-0.4, -0.2) is 49.9 Å². The average molecular weight is 306 g/mol. The summed E-state index contributed by atoms with van der Waals surface area (Å²) in [4.78, 5) is 2.44. The van der Waals surface area contributed by atoms with Crippen molar-refractivity contribution in [3.63, 3.8) is 0 Å². The normalized spacial score (nSPS) is 28.1. The number of halogens is 1. The zero-order valence-electron chi connectivity index (χ0n) is 12.8. The van der Waals surface area contributed by atoms with Crippen molar-refractivity contribution < 1.29 is 13.9 Å². The van der Waals surface area contributed by atoms with E-state index in [0.29, 0.717) is 0 Å². The van der Waals surface area contributed by atoms with Gasteiger partial charge < -0.3 is 14.8 Å². The van der Waals surface area contributed by atoms with E-state index < -0.39 is 0 Å². The van der Waals surface area contributed by atoms with Crippen molar-refractivity contribution in [2.24, 2.45) is 0 Å². The second kappa shape index (κ2) is 5.80. The fourth-order valence-electron chi connectivity index (χ4n) is 4.01. The highest BCUT2D eigenvalue weighted by atomic mass is 19.1. The van der Waals surface area contributed by atoms with Crippen LogP contribution < -0.4 is 10.1 Å². The van der Waals surface area contributed by atoms with Gasteiger partial charge in [-0.25, -0.2) is 4.39 Å². The van der Waals surface area contributed by atoms with E-state index >= 15 is 0 Å². The Bertz CT molecular complexity index is 539. The van der Waals surface area contributed by atoms with Crippen LogP contribution in [0.25, 0.3) is 0 Å². The predicted octanol–water partition coefficient (Wildman–Crippen LogP) is 2.10. The Balaban J connectivity index is 1.69. The van der Waals surface area contributed by atoms with Crippen molar-refractivity contribution in [1.29, 1.82) is 0 Å². The molecule has 0 aromatic heterocycles. The van der Waals surface area contributed by atoms with Gasteiger partial charge >= 0.3 is 0 Å². The molecule has 1 atom stereocenters. The maximum atomic E-state index is 13.8. The van der Waals surface area contributed by atoms with Crippen molar-refractivity contribution in [3.05, 3.63) is 29.6 Å². The Morgan fingerprint density at radius 3 is 2.73 bits per heavy atom. The minimum Gasteiger partial charge on any atom is -0.487 e. The van der Waals surface area contributed by atoms with Gasteiger partial charge in [-0.05, 0) is 44.1 Å². The SMILES string of the molecule is Fc1ccc2c(c1)C(N1CCOCC1)CC1(CCNCC1)O2. The van der Waals surface area contributed by atoms with Crippen molar-refractivity contribution in [2.45, 2.75) is 30.9 Å². The topological polar surface area (TPSA) is 33.7 Å². The van der Waals surface area contributed by atoms with Crippen LogP contribution in [0.5, 0.6) is 5.75 Å². The highest BCUT2D eigenvalue weighted by molar-refractivity contribution is 5.39. The molecule has 2 fully saturated rings. The lowest BCUT2D eigenvalue weighted by molar-refractivity contribution is -0.0451. The molecule has 0 aliphatic carbocycles. The summed E-state index contributed by atoms with van der Waals surface area (Å²) in [5, 5.41) is 3.41. The molecular weight excluding hydrogens is 283 g/mol. The summed E-state index contributed by atoms with van der Waals surface area (Å²) in [6, 6.07) is 5.21. The van der Waals surface area contributed by atoms with Gasteiger partial charge in [-0.3, -0.25) is 4.90 Å². The summed E-state index contributed by atoms with van der Waals surface area (Å²) in [7, 11) is 0. The molecule has 22 heavy (non-hydrogen) atoms. The highest BCUT2D eigenvalue weighted by Gasteiger charge is 2.43. The van der Waals surface area contributed by atoms with Crippen molar-refractivity contribution in [1.82, 2.24) is 10.2 Å². The van der Waals surface area contributed by atoms with Gasteiger partial charge in [0.15, 0.2) is 0 Å². The molecule has 3 aliphatic heterocycles. The zero-order chi connectivity index (χ0) is 15.0. The van der Waals surface area contributed by atoms with Crippen molar-refractivity contribution in [2.75, 3.05) is 39.4 Å². The average Bonchev–Trinajstić information content (AvgIpc) is 2.56. The molecule has 0 amide bonds. The second-order valence-electron chi connectivity index (χ2n) is 6.59. The molecule has 4 rings (SSSR count). The molecular formula is C17H23FN2O2. The lowest BCUT2D eigenvalue weighted by Crippen LogP contribution is -2.52. The predicted molar refractivity (Wildman–Crippen MR) is 81.6 cm³/mol. The number of hydrogen-bond donors (Lipinski definition) is 1. The Morgan fingerprint density at radius 2 is 1.95 bits per heavy atom.